The highest BCUT2D eigenvalue weighted by molar-refractivity contribution is 7.92. The maximum atomic E-state index is 15.0. The lowest BCUT2D eigenvalue weighted by Crippen LogP contribution is -2.47. The predicted molar refractivity (Wildman–Crippen MR) is 200 cm³/mol. The number of carbonyl (C=O) groups excluding carboxylic acids is 1. The Hall–Kier alpha value is -4.84. The first-order chi connectivity index (χ1) is 24.5. The van der Waals surface area contributed by atoms with Gasteiger partial charge in [0.2, 0.25) is 11.8 Å². The molecule has 1 saturated carbocycles. The molecule has 2 aliphatic heterocycles. The summed E-state index contributed by atoms with van der Waals surface area (Å²) in [5.41, 5.74) is 6.88. The highest BCUT2D eigenvalue weighted by atomic mass is 32.2. The molecule has 1 N–H and O–H groups in total. The molecule has 0 radical (unpaired) electrons. The fourth-order valence-electron chi connectivity index (χ4n) is 8.91. The lowest BCUT2D eigenvalue weighted by Gasteiger charge is -2.38. The van der Waals surface area contributed by atoms with Crippen molar-refractivity contribution in [1.29, 1.82) is 0 Å². The van der Waals surface area contributed by atoms with Gasteiger partial charge < -0.3 is 14.2 Å². The quantitative estimate of drug-likeness (QED) is 0.204. The zero-order valence-corrected chi connectivity index (χ0v) is 31.7. The van der Waals surface area contributed by atoms with Crippen LogP contribution in [0.1, 0.15) is 86.4 Å². The molecule has 3 aromatic heterocycles. The maximum Gasteiger partial charge on any atom is 0.264 e. The summed E-state index contributed by atoms with van der Waals surface area (Å²) in [5, 5.41) is 0. The van der Waals surface area contributed by atoms with Crippen molar-refractivity contribution in [2.75, 3.05) is 11.3 Å². The molecule has 3 aliphatic rings. The van der Waals surface area contributed by atoms with Crippen LogP contribution in [0.15, 0.2) is 65.7 Å². The van der Waals surface area contributed by atoms with Crippen molar-refractivity contribution in [3.63, 3.8) is 0 Å². The minimum atomic E-state index is -4.19. The second kappa shape index (κ2) is 11.8. The molecule has 4 bridgehead atoms. The lowest BCUT2D eigenvalue weighted by molar-refractivity contribution is 0.0406. The second-order valence-electron chi connectivity index (χ2n) is 16.3. The highest BCUT2D eigenvalue weighted by Crippen LogP contribution is 2.65. The zero-order valence-electron chi connectivity index (χ0n) is 30.9. The van der Waals surface area contributed by atoms with Gasteiger partial charge >= 0.3 is 0 Å². The number of amides is 1. The van der Waals surface area contributed by atoms with E-state index in [2.05, 4.69) is 59.9 Å². The molecule has 1 saturated heterocycles. The molecule has 1 amide bonds. The van der Waals surface area contributed by atoms with Crippen LogP contribution in [0.3, 0.4) is 0 Å². The Balaban J connectivity index is 1.30. The van der Waals surface area contributed by atoms with Gasteiger partial charge in [-0.25, -0.2) is 23.1 Å². The first-order valence-corrected chi connectivity index (χ1v) is 19.4. The number of anilines is 1. The fourth-order valence-corrected chi connectivity index (χ4v) is 9.90. The zero-order chi connectivity index (χ0) is 36.9. The third-order valence-corrected chi connectivity index (χ3v) is 12.9. The van der Waals surface area contributed by atoms with E-state index >= 15 is 4.79 Å². The van der Waals surface area contributed by atoms with E-state index in [9.17, 15) is 8.42 Å². The van der Waals surface area contributed by atoms with Crippen LogP contribution in [-0.4, -0.2) is 56.4 Å². The van der Waals surface area contributed by atoms with Crippen molar-refractivity contribution in [2.45, 2.75) is 83.7 Å². The summed E-state index contributed by atoms with van der Waals surface area (Å²) in [6.07, 6.45) is 3.37. The van der Waals surface area contributed by atoms with Gasteiger partial charge in [-0.1, -0.05) is 58.9 Å². The highest BCUT2D eigenvalue weighted by Gasteiger charge is 2.64. The van der Waals surface area contributed by atoms with E-state index in [-0.39, 0.29) is 57.6 Å². The summed E-state index contributed by atoms with van der Waals surface area (Å²) in [4.78, 5) is 36.2. The summed E-state index contributed by atoms with van der Waals surface area (Å²) in [5.74, 6) is 0.328. The number of carbonyl (C=O) groups is 1. The van der Waals surface area contributed by atoms with Crippen LogP contribution in [0, 0.1) is 31.1 Å². The van der Waals surface area contributed by atoms with Crippen molar-refractivity contribution in [1.82, 2.24) is 29.4 Å². The van der Waals surface area contributed by atoms with Crippen molar-refractivity contribution >= 4 is 33.0 Å². The van der Waals surface area contributed by atoms with Gasteiger partial charge in [-0.05, 0) is 79.3 Å². The van der Waals surface area contributed by atoms with Crippen LogP contribution < -0.4 is 9.46 Å². The van der Waals surface area contributed by atoms with Gasteiger partial charge in [-0.15, -0.1) is 0 Å². The molecule has 12 heteroatoms. The number of benzene rings is 2. The third kappa shape index (κ3) is 5.62. The molecule has 2 aromatic carbocycles. The largest absolute Gasteiger partial charge is 0.475 e. The number of nitrogens with zero attached hydrogens (tertiary/aromatic N) is 6. The van der Waals surface area contributed by atoms with Crippen LogP contribution in [0.25, 0.3) is 22.4 Å². The molecular weight excluding hydrogens is 675 g/mol. The Morgan fingerprint density at radius 2 is 1.69 bits per heavy atom. The molecule has 1 aliphatic carbocycles. The van der Waals surface area contributed by atoms with Gasteiger partial charge in [0.15, 0.2) is 5.65 Å². The average Bonchev–Trinajstić information content (AvgIpc) is 3.53. The van der Waals surface area contributed by atoms with E-state index in [1.54, 1.807) is 24.4 Å². The first-order valence-electron chi connectivity index (χ1n) is 17.9. The minimum Gasteiger partial charge on any atom is -0.475 e. The molecule has 5 heterocycles. The Morgan fingerprint density at radius 3 is 2.42 bits per heavy atom. The van der Waals surface area contributed by atoms with Gasteiger partial charge in [0, 0.05) is 35.3 Å². The van der Waals surface area contributed by atoms with Gasteiger partial charge in [0.1, 0.15) is 12.1 Å². The Morgan fingerprint density at radius 1 is 0.962 bits per heavy atom. The van der Waals surface area contributed by atoms with Crippen molar-refractivity contribution in [3.8, 4) is 17.1 Å². The number of aryl methyl sites for hydroxylation is 3. The SMILES string of the molecule is Cc1cccc(C)c1-c1cc2nc(n1)NS(=O)(=O)c1cccc(c1)C(=O)N1[C@H](c3cnc4cc(C(C)(C)C)n(C)c4n3)CC[C@@H]3[C@H]([C@@H]1CO2)C3(C)C. The van der Waals surface area contributed by atoms with Gasteiger partial charge in [0.05, 0.1) is 34.6 Å². The summed E-state index contributed by atoms with van der Waals surface area (Å²) in [6, 6.07) is 15.2. The van der Waals surface area contributed by atoms with E-state index in [0.717, 1.165) is 40.0 Å². The monoisotopic (exact) mass is 719 g/mol. The smallest absolute Gasteiger partial charge is 0.264 e. The van der Waals surface area contributed by atoms with E-state index in [4.69, 9.17) is 14.7 Å². The van der Waals surface area contributed by atoms with Crippen molar-refractivity contribution in [3.05, 3.63) is 88.9 Å². The summed E-state index contributed by atoms with van der Waals surface area (Å²) in [6.45, 7) is 15.2. The number of fused-ring (bicyclic) bond motifs is 8. The average molecular weight is 720 g/mol. The maximum absolute atomic E-state index is 15.0. The van der Waals surface area contributed by atoms with Gasteiger partial charge in [-0.3, -0.25) is 9.78 Å². The van der Waals surface area contributed by atoms with Crippen LogP contribution in [0.4, 0.5) is 5.95 Å². The fraction of sp³-hybridized carbons (Fsp3) is 0.425. The van der Waals surface area contributed by atoms with Crippen LogP contribution in [0.5, 0.6) is 5.88 Å². The summed E-state index contributed by atoms with van der Waals surface area (Å²) in [7, 11) is -2.18. The molecule has 5 aromatic rings. The van der Waals surface area contributed by atoms with Crippen molar-refractivity contribution < 1.29 is 17.9 Å². The lowest BCUT2D eigenvalue weighted by atomic mass is 9.92. The molecule has 8 rings (SSSR count). The van der Waals surface area contributed by atoms with E-state index in [1.165, 1.54) is 12.1 Å². The number of hydrogen-bond donors (Lipinski definition) is 1. The van der Waals surface area contributed by atoms with Crippen LogP contribution in [0.2, 0.25) is 0 Å². The molecule has 270 valence electrons. The molecule has 4 atom stereocenters. The number of rotatable bonds is 2. The molecule has 2 fully saturated rings. The summed E-state index contributed by atoms with van der Waals surface area (Å²) >= 11 is 0. The second-order valence-corrected chi connectivity index (χ2v) is 18.0. The number of nitrogens with one attached hydrogen (secondary N) is 1. The van der Waals surface area contributed by atoms with Gasteiger partial charge in [-0.2, -0.15) is 4.98 Å². The van der Waals surface area contributed by atoms with Gasteiger partial charge in [0.25, 0.3) is 15.9 Å². The van der Waals surface area contributed by atoms with Crippen LogP contribution in [-0.2, 0) is 22.5 Å². The first kappa shape index (κ1) is 34.3. The van der Waals surface area contributed by atoms with E-state index in [0.29, 0.717) is 23.7 Å². The number of sulfonamides is 1. The van der Waals surface area contributed by atoms with Crippen molar-refractivity contribution in [2.24, 2.45) is 24.3 Å². The molecule has 11 nitrogen and oxygen atoms in total. The Bertz CT molecular complexity index is 2360. The number of hydrogen-bond acceptors (Lipinski definition) is 8. The van der Waals surface area contributed by atoms with Crippen LogP contribution >= 0.6 is 0 Å². The Kier molecular flexibility index (Phi) is 7.80. The molecule has 52 heavy (non-hydrogen) atoms. The molecule has 0 spiro atoms. The topological polar surface area (TPSA) is 132 Å². The third-order valence-electron chi connectivity index (χ3n) is 11.6. The number of aromatic nitrogens is 5. The van der Waals surface area contributed by atoms with E-state index < -0.39 is 16.1 Å². The standard InChI is InChI=1S/C40H45N7O4S/c1-22-11-9-12-23(2)34(22)27-19-33-44-38(43-27)45-52(49,50)25-14-10-13-24(17-25)37(48)47-30(16-15-26-35(40(26,6)7)31(47)21-51-33)29-20-41-28-18-32(39(3,4)5)46(8)36(28)42-29/h9-14,17-20,26,30-31,35H,15-16,21H2,1-8H3,(H,43,44,45)/t26-,30+,31+,35-/m1/s1. The summed E-state index contributed by atoms with van der Waals surface area (Å²) < 4.78 is 39.0. The van der Waals surface area contributed by atoms with E-state index in [1.807, 2.05) is 44.0 Å². The Labute approximate surface area is 304 Å². The normalized spacial score (nSPS) is 23.5. The predicted octanol–water partition coefficient (Wildman–Crippen LogP) is 7.15. The minimum absolute atomic E-state index is 0.0339. The number of ether oxygens (including phenoxy) is 1. The molecule has 0 unspecified atom stereocenters. The molecular formula is C40H45N7O4S.